The number of amides is 2. The maximum atomic E-state index is 12.5. The minimum Gasteiger partial charge on any atom is -0.442 e. The molecule has 0 fully saturated rings. The second kappa shape index (κ2) is 10.8. The van der Waals surface area contributed by atoms with E-state index in [-0.39, 0.29) is 15.7 Å². The van der Waals surface area contributed by atoms with Crippen LogP contribution in [0.4, 0.5) is 9.59 Å². The van der Waals surface area contributed by atoms with Gasteiger partial charge in [-0.1, -0.05) is 41.5 Å². The number of ether oxygens (including phenoxy) is 2. The van der Waals surface area contributed by atoms with E-state index in [1.807, 2.05) is 23.3 Å². The van der Waals surface area contributed by atoms with Crippen molar-refractivity contribution in [1.29, 1.82) is 0 Å². The molecule has 0 saturated carbocycles. The zero-order valence-corrected chi connectivity index (χ0v) is 23.5. The zero-order chi connectivity index (χ0) is 28.4. The summed E-state index contributed by atoms with van der Waals surface area (Å²) in [5.41, 5.74) is -0.450. The lowest BCUT2D eigenvalue weighted by Gasteiger charge is -2.38. The van der Waals surface area contributed by atoms with E-state index >= 15 is 0 Å². The van der Waals surface area contributed by atoms with Crippen molar-refractivity contribution in [2.45, 2.75) is 68.5 Å². The number of carbonyl (C=O) groups excluding carboxylic acids is 2. The van der Waals surface area contributed by atoms with Crippen LogP contribution in [0, 0.1) is 19.8 Å². The number of sulfonamides is 2. The van der Waals surface area contributed by atoms with Gasteiger partial charge in [-0.2, -0.15) is 0 Å². The molecule has 206 valence electrons. The van der Waals surface area contributed by atoms with Crippen LogP contribution in [-0.2, 0) is 29.5 Å². The summed E-state index contributed by atoms with van der Waals surface area (Å²) in [6, 6.07) is 12.0. The van der Waals surface area contributed by atoms with E-state index < -0.39 is 43.4 Å². The van der Waals surface area contributed by atoms with Crippen LogP contribution in [0.25, 0.3) is 0 Å². The Balaban J connectivity index is 1.60. The van der Waals surface area contributed by atoms with Gasteiger partial charge in [0.25, 0.3) is 20.0 Å². The van der Waals surface area contributed by atoms with Gasteiger partial charge in [-0.15, -0.1) is 0 Å². The second-order valence-corrected chi connectivity index (χ2v) is 13.4. The highest BCUT2D eigenvalue weighted by molar-refractivity contribution is 7.90. The topological polar surface area (TPSA) is 145 Å². The molecule has 0 radical (unpaired) electrons. The van der Waals surface area contributed by atoms with Crippen molar-refractivity contribution in [1.82, 2.24) is 9.44 Å². The Morgan fingerprint density at radius 3 is 1.71 bits per heavy atom. The summed E-state index contributed by atoms with van der Waals surface area (Å²) in [5, 5.41) is 0. The number of aryl methyl sites for hydroxylation is 2. The summed E-state index contributed by atoms with van der Waals surface area (Å²) in [4.78, 5) is 24.7. The second-order valence-electron chi connectivity index (χ2n) is 10.0. The normalized spacial score (nSPS) is 19.9. The third-order valence-corrected chi connectivity index (χ3v) is 8.96. The molecule has 0 aromatic heterocycles. The van der Waals surface area contributed by atoms with Crippen LogP contribution >= 0.6 is 0 Å². The number of rotatable bonds is 7. The summed E-state index contributed by atoms with van der Waals surface area (Å²) < 4.78 is 64.6. The molecule has 0 heterocycles. The van der Waals surface area contributed by atoms with Crippen molar-refractivity contribution in [3.8, 4) is 0 Å². The maximum Gasteiger partial charge on any atom is 0.422 e. The highest BCUT2D eigenvalue weighted by Gasteiger charge is 2.39. The summed E-state index contributed by atoms with van der Waals surface area (Å²) in [6.45, 7) is 8.54. The highest BCUT2D eigenvalue weighted by Crippen LogP contribution is 2.36. The molecule has 12 heteroatoms. The minimum absolute atomic E-state index is 0.0639. The van der Waals surface area contributed by atoms with E-state index in [2.05, 4.69) is 0 Å². The Morgan fingerprint density at radius 2 is 1.29 bits per heavy atom. The first-order chi connectivity index (χ1) is 17.5. The van der Waals surface area contributed by atoms with Gasteiger partial charge in [0, 0.05) is 5.92 Å². The van der Waals surface area contributed by atoms with Gasteiger partial charge in [0.2, 0.25) is 0 Å². The first-order valence-electron chi connectivity index (χ1n) is 11.9. The molecule has 0 spiro atoms. The lowest BCUT2D eigenvalue weighted by Crippen LogP contribution is -2.45. The molecule has 2 N–H and O–H groups in total. The van der Waals surface area contributed by atoms with Crippen molar-refractivity contribution in [3.05, 3.63) is 71.8 Å². The molecule has 2 aromatic rings. The molecule has 1 aliphatic rings. The van der Waals surface area contributed by atoms with Gasteiger partial charge in [-0.25, -0.2) is 35.9 Å². The smallest absolute Gasteiger partial charge is 0.422 e. The van der Waals surface area contributed by atoms with E-state index in [4.69, 9.17) is 9.47 Å². The summed E-state index contributed by atoms with van der Waals surface area (Å²) >= 11 is 0. The number of hydrogen-bond acceptors (Lipinski definition) is 8. The van der Waals surface area contributed by atoms with Gasteiger partial charge in [0.15, 0.2) is 0 Å². The predicted octanol–water partition coefficient (Wildman–Crippen LogP) is 4.34. The molecule has 2 aromatic carbocycles. The third kappa shape index (κ3) is 7.35. The molecule has 0 aliphatic heterocycles. The van der Waals surface area contributed by atoms with Crippen LogP contribution in [0.15, 0.2) is 70.5 Å². The molecule has 2 atom stereocenters. The monoisotopic (exact) mass is 564 g/mol. The average molecular weight is 565 g/mol. The predicted molar refractivity (Wildman–Crippen MR) is 140 cm³/mol. The Bertz CT molecular complexity index is 1430. The largest absolute Gasteiger partial charge is 0.442 e. The fraction of sp³-hybridized carbons (Fsp3) is 0.385. The molecule has 0 bridgehead atoms. The fourth-order valence-corrected chi connectivity index (χ4v) is 5.69. The lowest BCUT2D eigenvalue weighted by molar-refractivity contribution is -0.00775. The van der Waals surface area contributed by atoms with E-state index in [1.165, 1.54) is 24.3 Å². The fourth-order valence-electron chi connectivity index (χ4n) is 3.95. The Labute approximate surface area is 223 Å². The van der Waals surface area contributed by atoms with E-state index in [1.54, 1.807) is 57.2 Å². The maximum absolute atomic E-state index is 12.5. The summed E-state index contributed by atoms with van der Waals surface area (Å²) in [5.74, 6) is -0.327. The molecular weight excluding hydrogens is 532 g/mol. The van der Waals surface area contributed by atoms with Gasteiger partial charge in [-0.3, -0.25) is 0 Å². The summed E-state index contributed by atoms with van der Waals surface area (Å²) in [7, 11) is -8.21. The molecule has 3 rings (SSSR count). The van der Waals surface area contributed by atoms with Crippen LogP contribution in [0.5, 0.6) is 0 Å². The third-order valence-electron chi connectivity index (χ3n) is 6.31. The molecular formula is C26H32N2O8S2. The number of nitrogens with one attached hydrogen (secondary N) is 2. The zero-order valence-electron chi connectivity index (χ0n) is 21.8. The van der Waals surface area contributed by atoms with Gasteiger partial charge >= 0.3 is 12.2 Å². The van der Waals surface area contributed by atoms with Crippen LogP contribution < -0.4 is 9.44 Å². The van der Waals surface area contributed by atoms with Crippen LogP contribution in [-0.4, -0.2) is 40.2 Å². The highest BCUT2D eigenvalue weighted by atomic mass is 32.2. The van der Waals surface area contributed by atoms with Crippen molar-refractivity contribution >= 4 is 32.2 Å². The molecule has 2 amide bonds. The van der Waals surface area contributed by atoms with Gasteiger partial charge in [0.1, 0.15) is 11.2 Å². The minimum atomic E-state index is -4.10. The Morgan fingerprint density at radius 1 is 0.842 bits per heavy atom. The first kappa shape index (κ1) is 29.2. The average Bonchev–Trinajstić information content (AvgIpc) is 2.78. The van der Waals surface area contributed by atoms with E-state index in [9.17, 15) is 26.4 Å². The van der Waals surface area contributed by atoms with Crippen LogP contribution in [0.3, 0.4) is 0 Å². The first-order valence-corrected chi connectivity index (χ1v) is 14.8. The van der Waals surface area contributed by atoms with Crippen LogP contribution in [0.2, 0.25) is 0 Å². The van der Waals surface area contributed by atoms with Gasteiger partial charge in [0.05, 0.1) is 9.79 Å². The van der Waals surface area contributed by atoms with Gasteiger partial charge < -0.3 is 9.47 Å². The molecule has 1 aliphatic carbocycles. The van der Waals surface area contributed by atoms with E-state index in [0.717, 1.165) is 11.1 Å². The van der Waals surface area contributed by atoms with Crippen molar-refractivity contribution < 1.29 is 35.9 Å². The number of benzene rings is 2. The molecule has 38 heavy (non-hydrogen) atoms. The van der Waals surface area contributed by atoms with E-state index in [0.29, 0.717) is 12.8 Å². The lowest BCUT2D eigenvalue weighted by atomic mass is 9.78. The summed E-state index contributed by atoms with van der Waals surface area (Å²) in [6.07, 6.45) is 1.79. The Kier molecular flexibility index (Phi) is 8.27. The molecule has 0 saturated heterocycles. The SMILES string of the molecule is Cc1ccc(S(=O)(=O)NC(=O)OC(C)(C)[C@H]2C=C[C@](C)(OC(=O)NS(=O)(=O)c3ccc(C)cc3)CC2)cc1. The quantitative estimate of drug-likeness (QED) is 0.473. The molecule has 10 nitrogen and oxygen atoms in total. The standard InChI is InChI=1S/C26H32N2O8S2/c1-18-6-10-21(11-7-18)37(31,32)27-23(29)35-25(3,4)20-14-16-26(5,17-15-20)36-24(30)28-38(33,34)22-12-8-19(2)9-13-22/h6-14,16,20H,15,17H2,1-5H3,(H,27,29)(H,28,30)/t20-,26-/m0/s1. The Hall–Kier alpha value is -3.38. The van der Waals surface area contributed by atoms with Gasteiger partial charge in [-0.05, 0) is 77.8 Å². The molecule has 0 unspecified atom stereocenters. The van der Waals surface area contributed by atoms with Crippen molar-refractivity contribution in [3.63, 3.8) is 0 Å². The number of hydrogen-bond donors (Lipinski definition) is 2. The van der Waals surface area contributed by atoms with Crippen molar-refractivity contribution in [2.24, 2.45) is 5.92 Å². The number of carbonyl (C=O) groups is 2. The van der Waals surface area contributed by atoms with Crippen LogP contribution in [0.1, 0.15) is 44.7 Å². The van der Waals surface area contributed by atoms with Crippen molar-refractivity contribution in [2.75, 3.05) is 0 Å².